The van der Waals surface area contributed by atoms with Crippen LogP contribution in [0.5, 0.6) is 5.75 Å². The Morgan fingerprint density at radius 3 is 2.32 bits per heavy atom. The Bertz CT molecular complexity index is 1750. The fourth-order valence-electron chi connectivity index (χ4n) is 6.47. The molecule has 0 saturated carbocycles. The van der Waals surface area contributed by atoms with Crippen molar-refractivity contribution in [1.29, 1.82) is 0 Å². The van der Waals surface area contributed by atoms with Crippen molar-refractivity contribution in [3.63, 3.8) is 0 Å². The molecule has 6 rings (SSSR count). The summed E-state index contributed by atoms with van der Waals surface area (Å²) >= 11 is 0. The molecule has 0 saturated heterocycles. The van der Waals surface area contributed by atoms with Crippen LogP contribution in [0.3, 0.4) is 0 Å². The number of rotatable bonds is 8. The summed E-state index contributed by atoms with van der Waals surface area (Å²) < 4.78 is 15.0. The molecule has 1 aliphatic heterocycles. The third-order valence-corrected chi connectivity index (χ3v) is 8.53. The van der Waals surface area contributed by atoms with Gasteiger partial charge in [-0.15, -0.1) is 0 Å². The molecule has 1 aliphatic rings. The number of cyclic esters (lactones) is 1. The number of pyridine rings is 1. The van der Waals surface area contributed by atoms with Gasteiger partial charge in [-0.3, -0.25) is 0 Å². The Balaban J connectivity index is 1.78. The van der Waals surface area contributed by atoms with Gasteiger partial charge >= 0.3 is 5.97 Å². The summed E-state index contributed by atoms with van der Waals surface area (Å²) in [5, 5.41) is 0. The highest BCUT2D eigenvalue weighted by molar-refractivity contribution is 5.98. The lowest BCUT2D eigenvalue weighted by Crippen LogP contribution is -2.31. The van der Waals surface area contributed by atoms with Gasteiger partial charge in [0.2, 0.25) is 0 Å². The van der Waals surface area contributed by atoms with Crippen LogP contribution in [0, 0.1) is 6.92 Å². The predicted octanol–water partition coefficient (Wildman–Crippen LogP) is 7.79. The maximum atomic E-state index is 13.7. The number of nitrogens with zero attached hydrogens (tertiary/aromatic N) is 2. The maximum Gasteiger partial charge on any atom is 0.340 e. The highest BCUT2D eigenvalue weighted by Gasteiger charge is 2.53. The van der Waals surface area contributed by atoms with Crippen LogP contribution in [0.2, 0.25) is 0 Å². The van der Waals surface area contributed by atoms with E-state index in [9.17, 15) is 4.79 Å². The number of esters is 1. The molecule has 0 N–H and O–H groups in total. The van der Waals surface area contributed by atoms with Crippen molar-refractivity contribution in [1.82, 2.24) is 4.40 Å². The first-order valence-electron chi connectivity index (χ1n) is 14.4. The Labute approximate surface area is 242 Å². The summed E-state index contributed by atoms with van der Waals surface area (Å²) in [5.41, 5.74) is 8.43. The molecule has 0 aliphatic carbocycles. The molecule has 41 heavy (non-hydrogen) atoms. The minimum Gasteiger partial charge on any atom is -0.496 e. The molecule has 2 aromatic heterocycles. The third-order valence-electron chi connectivity index (χ3n) is 8.53. The number of methoxy groups -OCH3 is 1. The normalized spacial score (nSPS) is 16.1. The number of fused-ring (bicyclic) bond motifs is 2. The van der Waals surface area contributed by atoms with E-state index in [-0.39, 0.29) is 5.97 Å². The zero-order valence-corrected chi connectivity index (χ0v) is 24.4. The minimum atomic E-state index is -1.22. The van der Waals surface area contributed by atoms with E-state index in [4.69, 9.17) is 9.47 Å². The summed E-state index contributed by atoms with van der Waals surface area (Å²) in [6.45, 7) is 10.4. The molecule has 0 spiro atoms. The number of anilines is 1. The molecule has 0 radical (unpaired) electrons. The van der Waals surface area contributed by atoms with Crippen molar-refractivity contribution in [3.8, 4) is 16.9 Å². The van der Waals surface area contributed by atoms with Crippen LogP contribution in [0.15, 0.2) is 91.1 Å². The second kappa shape index (κ2) is 10.5. The Kier molecular flexibility index (Phi) is 6.82. The van der Waals surface area contributed by atoms with Crippen LogP contribution < -0.4 is 9.64 Å². The quantitative estimate of drug-likeness (QED) is 0.187. The van der Waals surface area contributed by atoms with Crippen LogP contribution >= 0.6 is 0 Å². The van der Waals surface area contributed by atoms with Crippen molar-refractivity contribution in [2.24, 2.45) is 0 Å². The summed E-state index contributed by atoms with van der Waals surface area (Å²) in [5.74, 6) is 0.344. The number of carbonyl (C=O) groups is 1. The van der Waals surface area contributed by atoms with E-state index in [1.165, 1.54) is 5.56 Å². The maximum absolute atomic E-state index is 13.7. The van der Waals surface area contributed by atoms with Crippen molar-refractivity contribution >= 4 is 17.2 Å². The Hall–Kier alpha value is -4.51. The van der Waals surface area contributed by atoms with Crippen LogP contribution in [0.4, 0.5) is 5.69 Å². The van der Waals surface area contributed by atoms with E-state index < -0.39 is 5.60 Å². The second-order valence-corrected chi connectivity index (χ2v) is 10.5. The second-order valence-electron chi connectivity index (χ2n) is 10.5. The molecule has 5 nitrogen and oxygen atoms in total. The fraction of sp³-hybridized carbons (Fsp3) is 0.250. The lowest BCUT2D eigenvalue weighted by molar-refractivity contribution is 0.0251. The van der Waals surface area contributed by atoms with Gasteiger partial charge in [0.1, 0.15) is 5.75 Å². The first-order valence-corrected chi connectivity index (χ1v) is 14.4. The molecule has 5 aromatic rings. The number of aromatic nitrogens is 1. The van der Waals surface area contributed by atoms with Gasteiger partial charge in [0.05, 0.1) is 18.2 Å². The topological polar surface area (TPSA) is 43.2 Å². The summed E-state index contributed by atoms with van der Waals surface area (Å²) in [6.07, 6.45) is 3.13. The van der Waals surface area contributed by atoms with Crippen LogP contribution in [-0.4, -0.2) is 30.6 Å². The van der Waals surface area contributed by atoms with Gasteiger partial charge in [-0.2, -0.15) is 0 Å². The fourth-order valence-corrected chi connectivity index (χ4v) is 6.47. The van der Waals surface area contributed by atoms with E-state index in [1.54, 1.807) is 7.11 Å². The van der Waals surface area contributed by atoms with E-state index in [1.807, 2.05) is 30.3 Å². The van der Waals surface area contributed by atoms with Crippen molar-refractivity contribution in [2.75, 3.05) is 25.1 Å². The van der Waals surface area contributed by atoms with Gasteiger partial charge < -0.3 is 18.8 Å². The van der Waals surface area contributed by atoms with Crippen molar-refractivity contribution in [2.45, 2.75) is 39.7 Å². The average Bonchev–Trinajstić information content (AvgIpc) is 3.49. The summed E-state index contributed by atoms with van der Waals surface area (Å²) in [6, 6.07) is 28.8. The van der Waals surface area contributed by atoms with E-state index in [0.717, 1.165) is 64.2 Å². The van der Waals surface area contributed by atoms with Gasteiger partial charge in [-0.1, -0.05) is 61.5 Å². The zero-order valence-electron chi connectivity index (χ0n) is 24.4. The van der Waals surface area contributed by atoms with Crippen LogP contribution in [0.1, 0.15) is 59.1 Å². The van der Waals surface area contributed by atoms with E-state index in [2.05, 4.69) is 97.8 Å². The minimum absolute atomic E-state index is 0.336. The molecular weight excluding hydrogens is 508 g/mol. The number of carbonyl (C=O) groups excluding carboxylic acids is 1. The monoisotopic (exact) mass is 544 g/mol. The first-order chi connectivity index (χ1) is 20.0. The lowest BCUT2D eigenvalue weighted by Gasteiger charge is -2.33. The molecule has 1 atom stereocenters. The lowest BCUT2D eigenvalue weighted by atomic mass is 9.76. The number of hydrogen-bond acceptors (Lipinski definition) is 4. The third kappa shape index (κ3) is 4.02. The molecule has 0 bridgehead atoms. The molecular formula is C36H36N2O3. The highest BCUT2D eigenvalue weighted by Crippen LogP contribution is 2.55. The number of aryl methyl sites for hydroxylation is 2. The van der Waals surface area contributed by atoms with Gasteiger partial charge in [0, 0.05) is 59.0 Å². The largest absolute Gasteiger partial charge is 0.496 e. The first kappa shape index (κ1) is 26.7. The number of hydrogen-bond donors (Lipinski definition) is 0. The summed E-state index contributed by atoms with van der Waals surface area (Å²) in [4.78, 5) is 16.0. The van der Waals surface area contributed by atoms with Gasteiger partial charge in [0.15, 0.2) is 5.60 Å². The van der Waals surface area contributed by atoms with Crippen molar-refractivity contribution in [3.05, 3.63) is 125 Å². The number of benzene rings is 3. The molecule has 0 fully saturated rings. The highest BCUT2D eigenvalue weighted by atomic mass is 16.6. The van der Waals surface area contributed by atoms with E-state index in [0.29, 0.717) is 11.3 Å². The Morgan fingerprint density at radius 2 is 1.61 bits per heavy atom. The van der Waals surface area contributed by atoms with Crippen LogP contribution in [-0.2, 0) is 16.8 Å². The molecule has 3 aromatic carbocycles. The van der Waals surface area contributed by atoms with Crippen molar-refractivity contribution < 1.29 is 14.3 Å². The summed E-state index contributed by atoms with van der Waals surface area (Å²) in [7, 11) is 1.69. The molecule has 0 amide bonds. The predicted molar refractivity (Wildman–Crippen MR) is 165 cm³/mol. The molecule has 3 heterocycles. The number of ether oxygens (including phenoxy) is 2. The van der Waals surface area contributed by atoms with Crippen LogP contribution in [0.25, 0.3) is 16.6 Å². The average molecular weight is 545 g/mol. The zero-order chi connectivity index (χ0) is 28.7. The van der Waals surface area contributed by atoms with Gasteiger partial charge in [-0.05, 0) is 62.6 Å². The van der Waals surface area contributed by atoms with Gasteiger partial charge in [0.25, 0.3) is 0 Å². The smallest absolute Gasteiger partial charge is 0.340 e. The molecule has 5 heteroatoms. The Morgan fingerprint density at radius 1 is 0.878 bits per heavy atom. The standard InChI is InChI=1S/C36H36N2O3/c1-6-25-18-21-31-34(33(24(4)38(31)23-25)26-14-10-9-11-15-26)36(29-17-13-12-16-28(29)35(39)41-36)30-20-19-27(22-32(30)40-5)37(7-2)8-3/h9-23H,6-8H2,1-5H3. The van der Waals surface area contributed by atoms with E-state index >= 15 is 0 Å². The molecule has 208 valence electrons. The SMILES string of the molecule is CCc1ccc2c(C3(c4ccc(N(CC)CC)cc4OC)OC(=O)c4ccccc43)c(-c3ccccc3)c(C)n2c1. The van der Waals surface area contributed by atoms with Gasteiger partial charge in [-0.25, -0.2) is 4.79 Å². The molecule has 1 unspecified atom stereocenters.